The van der Waals surface area contributed by atoms with E-state index in [-0.39, 0.29) is 18.4 Å². The number of rotatable bonds is 7. The Kier molecular flexibility index (Phi) is 6.14. The highest BCUT2D eigenvalue weighted by atomic mass is 32.1. The Labute approximate surface area is 168 Å². The Morgan fingerprint density at radius 2 is 2.14 bits per heavy atom. The minimum absolute atomic E-state index is 0.0170. The van der Waals surface area contributed by atoms with E-state index >= 15 is 0 Å². The van der Waals surface area contributed by atoms with Crippen molar-refractivity contribution in [2.45, 2.75) is 31.7 Å². The maximum atomic E-state index is 12.5. The molecule has 6 nitrogen and oxygen atoms in total. The van der Waals surface area contributed by atoms with Crippen LogP contribution in [0.1, 0.15) is 36.8 Å². The summed E-state index contributed by atoms with van der Waals surface area (Å²) < 4.78 is 5.64. The third-order valence-corrected chi connectivity index (χ3v) is 5.94. The molecule has 1 amide bonds. The van der Waals surface area contributed by atoms with E-state index < -0.39 is 0 Å². The molecule has 7 heteroatoms. The summed E-state index contributed by atoms with van der Waals surface area (Å²) in [6.07, 6.45) is 9.17. The summed E-state index contributed by atoms with van der Waals surface area (Å²) in [5.41, 5.74) is 1.76. The predicted molar refractivity (Wildman–Crippen MR) is 109 cm³/mol. The smallest absolute Gasteiger partial charge is 0.226 e. The van der Waals surface area contributed by atoms with Gasteiger partial charge in [0.2, 0.25) is 5.91 Å². The Morgan fingerprint density at radius 1 is 1.25 bits per heavy atom. The summed E-state index contributed by atoms with van der Waals surface area (Å²) in [6.45, 7) is 2.63. The third kappa shape index (κ3) is 4.66. The molecule has 1 N–H and O–H groups in total. The van der Waals surface area contributed by atoms with Crippen molar-refractivity contribution in [1.29, 1.82) is 0 Å². The summed E-state index contributed by atoms with van der Waals surface area (Å²) in [7, 11) is 0. The first-order chi connectivity index (χ1) is 13.8. The van der Waals surface area contributed by atoms with Crippen molar-refractivity contribution in [1.82, 2.24) is 20.2 Å². The first-order valence-electron chi connectivity index (χ1n) is 9.68. The molecule has 1 aliphatic rings. The van der Waals surface area contributed by atoms with Crippen LogP contribution < -0.4 is 5.32 Å². The van der Waals surface area contributed by atoms with Gasteiger partial charge in [-0.2, -0.15) is 0 Å². The largest absolute Gasteiger partial charge is 0.468 e. The number of aromatic nitrogens is 2. The van der Waals surface area contributed by atoms with Gasteiger partial charge in [-0.05, 0) is 50.2 Å². The average Bonchev–Trinajstić information content (AvgIpc) is 3.42. The SMILES string of the molecule is O=C(Cc1csc(-c2cccnc2)n1)NCC(c1ccco1)N1CCCCC1. The number of pyridine rings is 1. The standard InChI is InChI=1S/C21H24N4O2S/c26-20(12-17-15-28-21(24-17)16-6-4-8-22-13-16)23-14-18(19-7-5-11-27-19)25-9-2-1-3-10-25/h4-8,11,13,15,18H,1-3,9-10,12,14H2,(H,23,26). The molecule has 1 saturated heterocycles. The van der Waals surface area contributed by atoms with Gasteiger partial charge in [-0.15, -0.1) is 11.3 Å². The maximum Gasteiger partial charge on any atom is 0.226 e. The highest BCUT2D eigenvalue weighted by molar-refractivity contribution is 7.13. The Balaban J connectivity index is 1.35. The number of furan rings is 1. The molecule has 0 spiro atoms. The zero-order valence-electron chi connectivity index (χ0n) is 15.7. The molecule has 4 rings (SSSR count). The number of amides is 1. The van der Waals surface area contributed by atoms with Gasteiger partial charge in [-0.25, -0.2) is 4.98 Å². The van der Waals surface area contributed by atoms with Crippen molar-refractivity contribution in [2.75, 3.05) is 19.6 Å². The maximum absolute atomic E-state index is 12.5. The first kappa shape index (κ1) is 18.8. The number of nitrogens with zero attached hydrogens (tertiary/aromatic N) is 3. The minimum Gasteiger partial charge on any atom is -0.468 e. The van der Waals surface area contributed by atoms with Gasteiger partial charge in [-0.1, -0.05) is 6.42 Å². The van der Waals surface area contributed by atoms with Gasteiger partial charge in [-0.3, -0.25) is 14.7 Å². The van der Waals surface area contributed by atoms with E-state index in [1.807, 2.05) is 29.6 Å². The van der Waals surface area contributed by atoms with Gasteiger partial charge < -0.3 is 9.73 Å². The fraction of sp³-hybridized carbons (Fsp3) is 0.381. The quantitative estimate of drug-likeness (QED) is 0.660. The van der Waals surface area contributed by atoms with Crippen LogP contribution in [0.25, 0.3) is 10.6 Å². The zero-order valence-corrected chi connectivity index (χ0v) is 16.5. The van der Waals surface area contributed by atoms with Crippen LogP contribution in [0.3, 0.4) is 0 Å². The molecule has 1 aliphatic heterocycles. The molecule has 0 radical (unpaired) electrons. The van der Waals surface area contributed by atoms with Crippen molar-refractivity contribution < 1.29 is 9.21 Å². The zero-order chi connectivity index (χ0) is 19.2. The van der Waals surface area contributed by atoms with Crippen LogP contribution in [0.5, 0.6) is 0 Å². The first-order valence-corrected chi connectivity index (χ1v) is 10.6. The van der Waals surface area contributed by atoms with E-state index in [4.69, 9.17) is 4.42 Å². The van der Waals surface area contributed by atoms with Crippen LogP contribution in [0.2, 0.25) is 0 Å². The lowest BCUT2D eigenvalue weighted by Gasteiger charge is -2.33. The van der Waals surface area contributed by atoms with Crippen LogP contribution in [0.15, 0.2) is 52.7 Å². The number of carbonyl (C=O) groups is 1. The molecule has 1 atom stereocenters. The number of hydrogen-bond donors (Lipinski definition) is 1. The van der Waals surface area contributed by atoms with E-state index in [9.17, 15) is 4.79 Å². The summed E-state index contributed by atoms with van der Waals surface area (Å²) in [5, 5.41) is 5.91. The summed E-state index contributed by atoms with van der Waals surface area (Å²) in [4.78, 5) is 23.6. The minimum atomic E-state index is -0.0170. The molecule has 4 heterocycles. The van der Waals surface area contributed by atoms with Crippen molar-refractivity contribution in [2.24, 2.45) is 0 Å². The van der Waals surface area contributed by atoms with E-state index in [0.717, 1.165) is 35.1 Å². The van der Waals surface area contributed by atoms with Crippen LogP contribution >= 0.6 is 11.3 Å². The van der Waals surface area contributed by atoms with Gasteiger partial charge in [0.1, 0.15) is 10.8 Å². The second kappa shape index (κ2) is 9.12. The number of nitrogens with one attached hydrogen (secondary N) is 1. The lowest BCUT2D eigenvalue weighted by molar-refractivity contribution is -0.120. The van der Waals surface area contributed by atoms with E-state index in [0.29, 0.717) is 6.54 Å². The van der Waals surface area contributed by atoms with Crippen molar-refractivity contribution in [3.8, 4) is 10.6 Å². The molecule has 0 saturated carbocycles. The summed E-state index contributed by atoms with van der Waals surface area (Å²) in [6, 6.07) is 7.84. The Bertz CT molecular complexity index is 873. The normalized spacial score (nSPS) is 16.0. The molecule has 3 aromatic heterocycles. The fourth-order valence-corrected chi connectivity index (χ4v) is 4.38. The van der Waals surface area contributed by atoms with Crippen molar-refractivity contribution in [3.05, 3.63) is 59.8 Å². The summed E-state index contributed by atoms with van der Waals surface area (Å²) in [5.74, 6) is 0.895. The lowest BCUT2D eigenvalue weighted by Crippen LogP contribution is -2.40. The Hall–Kier alpha value is -2.51. The van der Waals surface area contributed by atoms with Gasteiger partial charge >= 0.3 is 0 Å². The second-order valence-electron chi connectivity index (χ2n) is 6.99. The van der Waals surface area contributed by atoms with Crippen molar-refractivity contribution in [3.63, 3.8) is 0 Å². The topological polar surface area (TPSA) is 71.3 Å². The van der Waals surface area contributed by atoms with Gasteiger partial charge in [0.15, 0.2) is 0 Å². The second-order valence-corrected chi connectivity index (χ2v) is 7.85. The van der Waals surface area contributed by atoms with Crippen LogP contribution in [-0.4, -0.2) is 40.4 Å². The van der Waals surface area contributed by atoms with E-state index in [1.165, 1.54) is 30.6 Å². The Morgan fingerprint density at radius 3 is 2.89 bits per heavy atom. The van der Waals surface area contributed by atoms with Crippen molar-refractivity contribution >= 4 is 17.2 Å². The highest BCUT2D eigenvalue weighted by Crippen LogP contribution is 2.25. The fourth-order valence-electron chi connectivity index (χ4n) is 3.57. The van der Waals surface area contributed by atoms with Crippen LogP contribution in [-0.2, 0) is 11.2 Å². The van der Waals surface area contributed by atoms with Gasteiger partial charge in [0, 0.05) is 29.9 Å². The molecule has 146 valence electrons. The van der Waals surface area contributed by atoms with E-state index in [2.05, 4.69) is 20.2 Å². The molecule has 3 aromatic rings. The molecular weight excluding hydrogens is 372 g/mol. The van der Waals surface area contributed by atoms with Crippen LogP contribution in [0, 0.1) is 0 Å². The number of carbonyl (C=O) groups excluding carboxylic acids is 1. The predicted octanol–water partition coefficient (Wildman–Crippen LogP) is 3.68. The number of hydrogen-bond acceptors (Lipinski definition) is 6. The number of likely N-dealkylation sites (tertiary alicyclic amines) is 1. The average molecular weight is 397 g/mol. The molecule has 1 fully saturated rings. The van der Waals surface area contributed by atoms with Crippen LogP contribution in [0.4, 0.5) is 0 Å². The lowest BCUT2D eigenvalue weighted by atomic mass is 10.1. The number of thiazole rings is 1. The highest BCUT2D eigenvalue weighted by Gasteiger charge is 2.25. The molecule has 0 bridgehead atoms. The molecule has 0 aromatic carbocycles. The molecular formula is C21H24N4O2S. The van der Waals surface area contributed by atoms with Gasteiger partial charge in [0.05, 0.1) is 24.4 Å². The van der Waals surface area contributed by atoms with E-state index in [1.54, 1.807) is 18.7 Å². The monoisotopic (exact) mass is 396 g/mol. The molecule has 1 unspecified atom stereocenters. The summed E-state index contributed by atoms with van der Waals surface area (Å²) >= 11 is 1.54. The molecule has 28 heavy (non-hydrogen) atoms. The van der Waals surface area contributed by atoms with Gasteiger partial charge in [0.25, 0.3) is 0 Å². The number of piperidine rings is 1. The molecule has 0 aliphatic carbocycles. The third-order valence-electron chi connectivity index (χ3n) is 5.00.